The van der Waals surface area contributed by atoms with Crippen LogP contribution in [0.3, 0.4) is 0 Å². The molecule has 11 heteroatoms. The summed E-state index contributed by atoms with van der Waals surface area (Å²) in [6.07, 6.45) is 7.86. The van der Waals surface area contributed by atoms with Crippen LogP contribution in [0.5, 0.6) is 0 Å². The van der Waals surface area contributed by atoms with Crippen LogP contribution in [-0.4, -0.2) is 50.4 Å². The molecule has 0 spiro atoms. The Balaban J connectivity index is 1.23. The van der Waals surface area contributed by atoms with E-state index in [1.807, 2.05) is 0 Å². The number of ether oxygens (including phenoxy) is 1. The van der Waals surface area contributed by atoms with Gasteiger partial charge in [-0.3, -0.25) is 0 Å². The highest BCUT2D eigenvalue weighted by Crippen LogP contribution is 2.47. The SMILES string of the molecule is O=C(O)c1ncc(N2[C@@H]3CC[C@H]2C[C@H](OC(=O)c2c(-c4c(Cl)cccc4Cl)noc2C2CC2)C3)cn1. The van der Waals surface area contributed by atoms with Crippen LogP contribution in [0.2, 0.25) is 10.0 Å². The Labute approximate surface area is 216 Å². The van der Waals surface area contributed by atoms with E-state index in [1.54, 1.807) is 30.6 Å². The van der Waals surface area contributed by atoms with E-state index in [4.69, 9.17) is 37.6 Å². The fraction of sp³-hybridized carbons (Fsp3) is 0.400. The second-order valence-electron chi connectivity index (χ2n) is 9.50. The van der Waals surface area contributed by atoms with Crippen molar-refractivity contribution in [2.75, 3.05) is 4.90 Å². The average molecular weight is 529 g/mol. The average Bonchev–Trinajstić information content (AvgIpc) is 3.55. The maximum Gasteiger partial charge on any atom is 0.373 e. The molecule has 2 aliphatic heterocycles. The van der Waals surface area contributed by atoms with Gasteiger partial charge in [0.2, 0.25) is 5.82 Å². The molecule has 2 saturated heterocycles. The Kier molecular flexibility index (Phi) is 5.84. The van der Waals surface area contributed by atoms with E-state index in [-0.39, 0.29) is 29.9 Å². The number of esters is 1. The highest BCUT2D eigenvalue weighted by Gasteiger charge is 2.44. The molecular weight excluding hydrogens is 507 g/mol. The quantitative estimate of drug-likeness (QED) is 0.421. The Morgan fingerprint density at radius 2 is 1.67 bits per heavy atom. The van der Waals surface area contributed by atoms with Gasteiger partial charge in [-0.2, -0.15) is 0 Å². The molecule has 0 unspecified atom stereocenters. The van der Waals surface area contributed by atoms with Crippen LogP contribution in [0.15, 0.2) is 35.1 Å². The zero-order valence-corrected chi connectivity index (χ0v) is 20.6. The summed E-state index contributed by atoms with van der Waals surface area (Å²) in [5, 5.41) is 14.0. The number of halogens is 2. The number of nitrogens with zero attached hydrogens (tertiary/aromatic N) is 4. The molecule has 3 atom stereocenters. The van der Waals surface area contributed by atoms with Crippen LogP contribution < -0.4 is 4.90 Å². The molecule has 4 heterocycles. The van der Waals surface area contributed by atoms with Gasteiger partial charge in [-0.15, -0.1) is 0 Å². The molecular formula is C25H22Cl2N4O5. The highest BCUT2D eigenvalue weighted by molar-refractivity contribution is 6.39. The number of carboxylic acid groups (broad SMARTS) is 1. The third-order valence-corrected chi connectivity index (χ3v) is 7.79. The molecule has 2 aromatic heterocycles. The van der Waals surface area contributed by atoms with Crippen molar-refractivity contribution in [1.82, 2.24) is 15.1 Å². The number of carboxylic acids is 1. The van der Waals surface area contributed by atoms with Crippen molar-refractivity contribution in [1.29, 1.82) is 0 Å². The number of hydrogen-bond donors (Lipinski definition) is 1. The van der Waals surface area contributed by atoms with Gasteiger partial charge in [-0.25, -0.2) is 19.6 Å². The van der Waals surface area contributed by atoms with Crippen LogP contribution in [0.1, 0.15) is 71.2 Å². The normalized spacial score (nSPS) is 23.1. The van der Waals surface area contributed by atoms with E-state index >= 15 is 0 Å². The molecule has 1 saturated carbocycles. The van der Waals surface area contributed by atoms with Crippen LogP contribution >= 0.6 is 23.2 Å². The number of anilines is 1. The minimum atomic E-state index is -1.16. The summed E-state index contributed by atoms with van der Waals surface area (Å²) in [5.74, 6) is -1.20. The van der Waals surface area contributed by atoms with E-state index in [0.29, 0.717) is 45.5 Å². The van der Waals surface area contributed by atoms with Gasteiger partial charge in [-0.1, -0.05) is 34.4 Å². The summed E-state index contributed by atoms with van der Waals surface area (Å²) >= 11 is 12.8. The Morgan fingerprint density at radius 3 is 2.25 bits per heavy atom. The third kappa shape index (κ3) is 4.10. The zero-order chi connectivity index (χ0) is 25.0. The summed E-state index contributed by atoms with van der Waals surface area (Å²) in [6.45, 7) is 0. The van der Waals surface area contributed by atoms with Gasteiger partial charge in [-0.05, 0) is 37.8 Å². The topological polar surface area (TPSA) is 119 Å². The molecule has 9 nitrogen and oxygen atoms in total. The number of piperidine rings is 1. The fourth-order valence-electron chi connectivity index (χ4n) is 5.44. The monoisotopic (exact) mass is 528 g/mol. The van der Waals surface area contributed by atoms with E-state index in [1.165, 1.54) is 0 Å². The second-order valence-corrected chi connectivity index (χ2v) is 10.3. The molecule has 3 aromatic rings. The lowest BCUT2D eigenvalue weighted by Gasteiger charge is -2.39. The standard InChI is InChI=1S/C25H22Cl2N4O5/c26-17-2-1-3-18(27)19(17)21-20(22(36-30-21)12-4-5-12)25(34)35-16-8-13-6-7-14(9-16)31(13)15-10-28-23(24(32)33)29-11-15/h1-3,10-14,16H,4-9H2,(H,32,33)/t13-,14+,16-. The number of carbonyl (C=O) groups is 2. The molecule has 1 aromatic carbocycles. The predicted molar refractivity (Wildman–Crippen MR) is 131 cm³/mol. The van der Waals surface area contributed by atoms with Crippen molar-refractivity contribution in [3.05, 3.63) is 57.8 Å². The van der Waals surface area contributed by atoms with Gasteiger partial charge < -0.3 is 19.3 Å². The lowest BCUT2D eigenvalue weighted by Crippen LogP contribution is -2.46. The Bertz CT molecular complexity index is 1310. The van der Waals surface area contributed by atoms with Crippen LogP contribution in [0.25, 0.3) is 11.3 Å². The van der Waals surface area contributed by atoms with Gasteiger partial charge in [0.15, 0.2) is 5.76 Å². The van der Waals surface area contributed by atoms with Gasteiger partial charge in [0.1, 0.15) is 17.4 Å². The summed E-state index contributed by atoms with van der Waals surface area (Å²) in [4.78, 5) is 34.8. The first-order chi connectivity index (χ1) is 17.4. The molecule has 0 amide bonds. The molecule has 0 radical (unpaired) electrons. The largest absolute Gasteiger partial charge is 0.475 e. The third-order valence-electron chi connectivity index (χ3n) is 7.16. The summed E-state index contributed by atoms with van der Waals surface area (Å²) in [7, 11) is 0. The smallest absolute Gasteiger partial charge is 0.373 e. The summed E-state index contributed by atoms with van der Waals surface area (Å²) in [6, 6.07) is 5.41. The van der Waals surface area contributed by atoms with Crippen molar-refractivity contribution >= 4 is 40.8 Å². The van der Waals surface area contributed by atoms with Crippen LogP contribution in [0.4, 0.5) is 5.69 Å². The summed E-state index contributed by atoms with van der Waals surface area (Å²) < 4.78 is 11.7. The maximum atomic E-state index is 13.5. The molecule has 3 aliphatic rings. The van der Waals surface area contributed by atoms with Gasteiger partial charge >= 0.3 is 11.9 Å². The number of carbonyl (C=O) groups excluding carboxylic acids is 1. The Morgan fingerprint density at radius 1 is 1.03 bits per heavy atom. The maximum absolute atomic E-state index is 13.5. The minimum absolute atomic E-state index is 0.141. The van der Waals surface area contributed by atoms with E-state index in [2.05, 4.69) is 20.0 Å². The van der Waals surface area contributed by atoms with Crippen molar-refractivity contribution in [3.63, 3.8) is 0 Å². The Hall–Kier alpha value is -3.17. The first-order valence-electron chi connectivity index (χ1n) is 11.9. The van der Waals surface area contributed by atoms with E-state index in [0.717, 1.165) is 31.4 Å². The van der Waals surface area contributed by atoms with Crippen molar-refractivity contribution in [3.8, 4) is 11.3 Å². The molecule has 1 N–H and O–H groups in total. The number of aromatic carboxylic acids is 1. The van der Waals surface area contributed by atoms with Gasteiger partial charge in [0, 0.05) is 36.4 Å². The number of benzene rings is 1. The summed E-state index contributed by atoms with van der Waals surface area (Å²) in [5.41, 5.74) is 1.86. The van der Waals surface area contributed by atoms with Gasteiger partial charge in [0.25, 0.3) is 0 Å². The van der Waals surface area contributed by atoms with Crippen molar-refractivity contribution < 1.29 is 24.0 Å². The highest BCUT2D eigenvalue weighted by atomic mass is 35.5. The number of fused-ring (bicyclic) bond motifs is 2. The molecule has 186 valence electrons. The van der Waals surface area contributed by atoms with Crippen LogP contribution in [-0.2, 0) is 4.74 Å². The second kappa shape index (κ2) is 9.05. The molecule has 1 aliphatic carbocycles. The first kappa shape index (κ1) is 23.2. The number of hydrogen-bond acceptors (Lipinski definition) is 8. The van der Waals surface area contributed by atoms with Crippen LogP contribution in [0, 0.1) is 0 Å². The predicted octanol–water partition coefficient (Wildman–Crippen LogP) is 5.37. The molecule has 6 rings (SSSR count). The number of rotatable bonds is 6. The molecule has 3 fully saturated rings. The molecule has 2 bridgehead atoms. The lowest BCUT2D eigenvalue weighted by molar-refractivity contribution is 0.0202. The first-order valence-corrected chi connectivity index (χ1v) is 12.6. The lowest BCUT2D eigenvalue weighted by atomic mass is 9.98. The zero-order valence-electron chi connectivity index (χ0n) is 19.1. The van der Waals surface area contributed by atoms with E-state index < -0.39 is 11.9 Å². The van der Waals surface area contributed by atoms with Crippen molar-refractivity contribution in [2.45, 2.75) is 62.6 Å². The minimum Gasteiger partial charge on any atom is -0.475 e. The van der Waals surface area contributed by atoms with E-state index in [9.17, 15) is 9.59 Å². The molecule has 36 heavy (non-hydrogen) atoms. The fourth-order valence-corrected chi connectivity index (χ4v) is 6.02. The van der Waals surface area contributed by atoms with Gasteiger partial charge in [0.05, 0.1) is 28.1 Å². The van der Waals surface area contributed by atoms with Crippen molar-refractivity contribution in [2.24, 2.45) is 0 Å². The number of aromatic nitrogens is 3.